The van der Waals surface area contributed by atoms with Gasteiger partial charge in [0.2, 0.25) is 0 Å². The average Bonchev–Trinajstić information content (AvgIpc) is 2.45. The molecule has 2 heteroatoms. The first kappa shape index (κ1) is 11.1. The van der Waals surface area contributed by atoms with Crippen LogP contribution in [0.1, 0.15) is 26.0 Å². The molecule has 0 unspecified atom stereocenters. The van der Waals surface area contributed by atoms with Crippen molar-refractivity contribution in [1.82, 2.24) is 4.98 Å². The van der Waals surface area contributed by atoms with Crippen LogP contribution in [-0.4, -0.2) is 4.98 Å². The van der Waals surface area contributed by atoms with Crippen LogP contribution in [0.4, 0.5) is 0 Å². The van der Waals surface area contributed by atoms with E-state index in [1.807, 2.05) is 25.1 Å². The molecule has 0 aliphatic rings. The van der Waals surface area contributed by atoms with Crippen molar-refractivity contribution in [2.24, 2.45) is 0 Å². The maximum atomic E-state index is 5.81. The molecule has 1 N–H and O–H groups in total. The van der Waals surface area contributed by atoms with E-state index in [-0.39, 0.29) is 0 Å². The van der Waals surface area contributed by atoms with Crippen molar-refractivity contribution in [1.29, 1.82) is 0 Å². The first-order valence-corrected chi connectivity index (χ1v) is 5.30. The second kappa shape index (κ2) is 5.06. The van der Waals surface area contributed by atoms with Crippen LogP contribution < -0.4 is 0 Å². The number of fused-ring (bicyclic) bond motifs is 1. The molecule has 0 saturated carbocycles. The molecule has 2 rings (SSSR count). The molecule has 0 atom stereocenters. The van der Waals surface area contributed by atoms with E-state index in [1.54, 1.807) is 0 Å². The van der Waals surface area contributed by atoms with E-state index in [9.17, 15) is 0 Å². The number of benzene rings is 1. The molecular weight excluding hydrogens is 194 g/mol. The first-order valence-electron chi connectivity index (χ1n) is 4.92. The Morgan fingerprint density at radius 3 is 2.50 bits per heavy atom. The Bertz CT molecular complexity index is 404. The van der Waals surface area contributed by atoms with Gasteiger partial charge in [-0.25, -0.2) is 0 Å². The molecular formula is C12H16ClN. The summed E-state index contributed by atoms with van der Waals surface area (Å²) in [7, 11) is 0. The van der Waals surface area contributed by atoms with Gasteiger partial charge in [0.15, 0.2) is 0 Å². The van der Waals surface area contributed by atoms with Crippen molar-refractivity contribution in [2.75, 3.05) is 0 Å². The SMILES string of the molecule is CCC.Cc1cc2cc(Cl)ccc2[nH]1. The van der Waals surface area contributed by atoms with Gasteiger partial charge in [0.25, 0.3) is 0 Å². The molecule has 0 amide bonds. The van der Waals surface area contributed by atoms with Crippen molar-refractivity contribution in [2.45, 2.75) is 27.2 Å². The highest BCUT2D eigenvalue weighted by Crippen LogP contribution is 2.19. The van der Waals surface area contributed by atoms with E-state index in [4.69, 9.17) is 11.6 Å². The van der Waals surface area contributed by atoms with Gasteiger partial charge in [0.1, 0.15) is 0 Å². The molecule has 76 valence electrons. The zero-order valence-electron chi connectivity index (χ0n) is 8.89. The molecule has 1 nitrogen and oxygen atoms in total. The average molecular weight is 210 g/mol. The second-order valence-corrected chi connectivity index (χ2v) is 3.83. The highest BCUT2D eigenvalue weighted by Gasteiger charge is 1.96. The zero-order valence-corrected chi connectivity index (χ0v) is 9.65. The summed E-state index contributed by atoms with van der Waals surface area (Å²) in [5.74, 6) is 0. The number of H-pyrrole nitrogens is 1. The summed E-state index contributed by atoms with van der Waals surface area (Å²) in [5, 5.41) is 1.96. The maximum Gasteiger partial charge on any atom is 0.0457 e. The maximum absolute atomic E-state index is 5.81. The Kier molecular flexibility index (Phi) is 4.02. The lowest BCUT2D eigenvalue weighted by Gasteiger charge is -1.88. The van der Waals surface area contributed by atoms with Gasteiger partial charge in [-0.3, -0.25) is 0 Å². The largest absolute Gasteiger partial charge is 0.359 e. The molecule has 1 aromatic heterocycles. The summed E-state index contributed by atoms with van der Waals surface area (Å²) in [6.45, 7) is 6.29. The van der Waals surface area contributed by atoms with E-state index in [2.05, 4.69) is 24.9 Å². The van der Waals surface area contributed by atoms with Gasteiger partial charge in [-0.15, -0.1) is 0 Å². The van der Waals surface area contributed by atoms with Crippen molar-refractivity contribution in [3.8, 4) is 0 Å². The van der Waals surface area contributed by atoms with Crippen LogP contribution in [0, 0.1) is 6.92 Å². The fraction of sp³-hybridized carbons (Fsp3) is 0.333. The first-order chi connectivity index (χ1) is 6.67. The Balaban J connectivity index is 0.000000293. The van der Waals surface area contributed by atoms with Crippen LogP contribution in [-0.2, 0) is 0 Å². The summed E-state index contributed by atoms with van der Waals surface area (Å²) in [6, 6.07) is 7.92. The van der Waals surface area contributed by atoms with E-state index in [0.29, 0.717) is 0 Å². The molecule has 0 aliphatic carbocycles. The summed E-state index contributed by atoms with van der Waals surface area (Å²) in [5.41, 5.74) is 2.31. The Labute approximate surface area is 90.1 Å². The van der Waals surface area contributed by atoms with Crippen molar-refractivity contribution >= 4 is 22.5 Å². The highest BCUT2D eigenvalue weighted by atomic mass is 35.5. The Morgan fingerprint density at radius 2 is 1.86 bits per heavy atom. The molecule has 1 aromatic carbocycles. The summed E-state index contributed by atoms with van der Waals surface area (Å²) >= 11 is 5.81. The number of aryl methyl sites for hydroxylation is 1. The standard InChI is InChI=1S/C9H8ClN.C3H8/c1-6-4-7-5-8(10)2-3-9(7)11-6;1-3-2/h2-5,11H,1H3;3H2,1-2H3. The number of halogens is 1. The summed E-state index contributed by atoms with van der Waals surface area (Å²) in [4.78, 5) is 3.23. The fourth-order valence-corrected chi connectivity index (χ4v) is 1.43. The van der Waals surface area contributed by atoms with Crippen LogP contribution in [0.2, 0.25) is 5.02 Å². The smallest absolute Gasteiger partial charge is 0.0457 e. The Hall–Kier alpha value is -0.950. The molecule has 0 saturated heterocycles. The molecule has 0 aliphatic heterocycles. The minimum Gasteiger partial charge on any atom is -0.359 e. The normalized spacial score (nSPS) is 9.71. The predicted octanol–water partition coefficient (Wildman–Crippen LogP) is 4.55. The third-order valence-corrected chi connectivity index (χ3v) is 1.95. The third kappa shape index (κ3) is 2.78. The van der Waals surface area contributed by atoms with Gasteiger partial charge >= 0.3 is 0 Å². The molecule has 2 aromatic rings. The van der Waals surface area contributed by atoms with Crippen LogP contribution in [0.25, 0.3) is 10.9 Å². The van der Waals surface area contributed by atoms with Gasteiger partial charge in [-0.2, -0.15) is 0 Å². The van der Waals surface area contributed by atoms with Gasteiger partial charge in [0, 0.05) is 21.6 Å². The third-order valence-electron chi connectivity index (χ3n) is 1.72. The van der Waals surface area contributed by atoms with Gasteiger partial charge < -0.3 is 4.98 Å². The fourth-order valence-electron chi connectivity index (χ4n) is 1.25. The molecule has 1 heterocycles. The van der Waals surface area contributed by atoms with Crippen LogP contribution in [0.15, 0.2) is 24.3 Å². The molecule has 0 radical (unpaired) electrons. The van der Waals surface area contributed by atoms with Crippen LogP contribution >= 0.6 is 11.6 Å². The molecule has 0 fully saturated rings. The highest BCUT2D eigenvalue weighted by molar-refractivity contribution is 6.31. The van der Waals surface area contributed by atoms with E-state index >= 15 is 0 Å². The zero-order chi connectivity index (χ0) is 10.6. The lowest BCUT2D eigenvalue weighted by Crippen LogP contribution is -1.67. The van der Waals surface area contributed by atoms with Crippen LogP contribution in [0.5, 0.6) is 0 Å². The molecule has 0 bridgehead atoms. The second-order valence-electron chi connectivity index (χ2n) is 3.39. The number of rotatable bonds is 0. The van der Waals surface area contributed by atoms with E-state index < -0.39 is 0 Å². The number of aromatic nitrogens is 1. The lowest BCUT2D eigenvalue weighted by molar-refractivity contribution is 1.09. The molecule has 14 heavy (non-hydrogen) atoms. The topological polar surface area (TPSA) is 15.8 Å². The lowest BCUT2D eigenvalue weighted by atomic mass is 10.2. The number of nitrogens with one attached hydrogen (secondary N) is 1. The number of hydrogen-bond donors (Lipinski definition) is 1. The van der Waals surface area contributed by atoms with Crippen molar-refractivity contribution in [3.63, 3.8) is 0 Å². The molecule has 0 spiro atoms. The van der Waals surface area contributed by atoms with Gasteiger partial charge in [-0.05, 0) is 31.2 Å². The van der Waals surface area contributed by atoms with Gasteiger partial charge in [0.05, 0.1) is 0 Å². The van der Waals surface area contributed by atoms with E-state index in [0.717, 1.165) is 10.5 Å². The van der Waals surface area contributed by atoms with Crippen molar-refractivity contribution < 1.29 is 0 Å². The monoisotopic (exact) mass is 209 g/mol. The van der Waals surface area contributed by atoms with Crippen LogP contribution in [0.3, 0.4) is 0 Å². The van der Waals surface area contributed by atoms with E-state index in [1.165, 1.54) is 17.5 Å². The Morgan fingerprint density at radius 1 is 1.21 bits per heavy atom. The minimum atomic E-state index is 0.788. The van der Waals surface area contributed by atoms with Gasteiger partial charge in [-0.1, -0.05) is 31.9 Å². The predicted molar refractivity (Wildman–Crippen MR) is 64.0 cm³/mol. The number of aromatic amines is 1. The summed E-state index contributed by atoms with van der Waals surface area (Å²) in [6.07, 6.45) is 1.25. The van der Waals surface area contributed by atoms with Crippen molar-refractivity contribution in [3.05, 3.63) is 35.0 Å². The number of hydrogen-bond acceptors (Lipinski definition) is 0. The minimum absolute atomic E-state index is 0.788. The quantitative estimate of drug-likeness (QED) is 0.656. The summed E-state index contributed by atoms with van der Waals surface area (Å²) < 4.78 is 0.